The molecule has 1 aliphatic rings. The molecule has 1 heterocycles. The second kappa shape index (κ2) is 2.53. The average molecular weight is 153 g/mol. The van der Waals surface area contributed by atoms with Crippen LogP contribution in [0.1, 0.15) is 6.92 Å². The summed E-state index contributed by atoms with van der Waals surface area (Å²) in [5.74, 6) is -0.631. The first-order valence-corrected chi connectivity index (χ1v) is 2.97. The summed E-state index contributed by atoms with van der Waals surface area (Å²) in [4.78, 5) is 24.9. The van der Waals surface area contributed by atoms with Gasteiger partial charge in [0.15, 0.2) is 5.78 Å². The maximum Gasteiger partial charge on any atom is 0.276 e. The van der Waals surface area contributed by atoms with Crippen LogP contribution in [0.4, 0.5) is 0 Å². The summed E-state index contributed by atoms with van der Waals surface area (Å²) in [6, 6.07) is 0. The van der Waals surface area contributed by atoms with E-state index in [9.17, 15) is 9.59 Å². The number of hydrogen-bond donors (Lipinski definition) is 2. The first-order chi connectivity index (χ1) is 5.09. The molecule has 0 atom stereocenters. The number of carbonyl (C=O) groups is 2. The van der Waals surface area contributed by atoms with E-state index in [4.69, 9.17) is 5.73 Å². The van der Waals surface area contributed by atoms with E-state index in [0.29, 0.717) is 0 Å². The molecule has 1 amide bonds. The summed E-state index contributed by atoms with van der Waals surface area (Å²) in [6.07, 6.45) is 1.13. The van der Waals surface area contributed by atoms with Gasteiger partial charge in [0.05, 0.1) is 0 Å². The summed E-state index contributed by atoms with van der Waals surface area (Å²) < 4.78 is 0. The van der Waals surface area contributed by atoms with Gasteiger partial charge in [0.1, 0.15) is 5.70 Å². The molecule has 0 spiro atoms. The summed E-state index contributed by atoms with van der Waals surface area (Å²) in [5, 5.41) is 2.24. The molecule has 5 nitrogen and oxygen atoms in total. The Bertz CT molecular complexity index is 278. The van der Waals surface area contributed by atoms with Crippen molar-refractivity contribution in [1.29, 1.82) is 0 Å². The molecule has 0 aliphatic carbocycles. The third-order valence-electron chi connectivity index (χ3n) is 1.06. The highest BCUT2D eigenvalue weighted by atomic mass is 16.2. The molecule has 11 heavy (non-hydrogen) atoms. The lowest BCUT2D eigenvalue weighted by Gasteiger charge is -1.87. The Kier molecular flexibility index (Phi) is 1.72. The van der Waals surface area contributed by atoms with Crippen molar-refractivity contribution in [2.24, 2.45) is 10.7 Å². The smallest absolute Gasteiger partial charge is 0.276 e. The van der Waals surface area contributed by atoms with Gasteiger partial charge in [-0.1, -0.05) is 0 Å². The van der Waals surface area contributed by atoms with E-state index >= 15 is 0 Å². The summed E-state index contributed by atoms with van der Waals surface area (Å²) in [6.45, 7) is 1.34. The van der Waals surface area contributed by atoms with Crippen molar-refractivity contribution in [3.63, 3.8) is 0 Å². The maximum atomic E-state index is 10.8. The normalized spacial score (nSPS) is 19.9. The Morgan fingerprint density at radius 1 is 1.73 bits per heavy atom. The number of aliphatic imine (C=N–C) groups is 1. The number of nitrogens with two attached hydrogens (primary N) is 1. The summed E-state index contributed by atoms with van der Waals surface area (Å²) in [5.41, 5.74) is 5.22. The highest BCUT2D eigenvalue weighted by Crippen LogP contribution is 2.01. The minimum atomic E-state index is -0.433. The molecule has 58 valence electrons. The van der Waals surface area contributed by atoms with Gasteiger partial charge in [-0.05, 0) is 6.92 Å². The predicted molar refractivity (Wildman–Crippen MR) is 38.5 cm³/mol. The number of rotatable bonds is 1. The number of nitrogens with one attached hydrogen (secondary N) is 1. The first kappa shape index (κ1) is 7.46. The molecule has 0 saturated heterocycles. The van der Waals surface area contributed by atoms with Gasteiger partial charge >= 0.3 is 0 Å². The Morgan fingerprint density at radius 3 is 2.73 bits per heavy atom. The van der Waals surface area contributed by atoms with Crippen LogP contribution in [0.3, 0.4) is 0 Å². The van der Waals surface area contributed by atoms with Gasteiger partial charge in [-0.3, -0.25) is 14.9 Å². The van der Waals surface area contributed by atoms with Crippen LogP contribution >= 0.6 is 0 Å². The van der Waals surface area contributed by atoms with E-state index in [2.05, 4.69) is 10.3 Å². The Morgan fingerprint density at radius 2 is 2.36 bits per heavy atom. The van der Waals surface area contributed by atoms with Crippen LogP contribution in [-0.4, -0.2) is 17.6 Å². The number of hydrogen-bond acceptors (Lipinski definition) is 4. The first-order valence-electron chi connectivity index (χ1n) is 2.97. The van der Waals surface area contributed by atoms with Crippen LogP contribution < -0.4 is 11.1 Å². The zero-order valence-corrected chi connectivity index (χ0v) is 5.92. The second-order valence-corrected chi connectivity index (χ2v) is 2.09. The summed E-state index contributed by atoms with van der Waals surface area (Å²) >= 11 is 0. The van der Waals surface area contributed by atoms with Crippen LogP contribution in [0.5, 0.6) is 0 Å². The standard InChI is InChI=1S/C6H7N3O2/c1-3(10)2-4-5(11)9-6(7)8-4/h2H,1H3,(H3,7,8,9,11)/b4-2-. The molecule has 0 fully saturated rings. The molecule has 0 unspecified atom stereocenters. The van der Waals surface area contributed by atoms with Gasteiger partial charge in [-0.25, -0.2) is 4.99 Å². The number of guanidine groups is 1. The lowest BCUT2D eigenvalue weighted by atomic mass is 10.3. The minimum absolute atomic E-state index is 0.0301. The fourth-order valence-electron chi connectivity index (χ4n) is 0.679. The van der Waals surface area contributed by atoms with E-state index in [0.717, 1.165) is 6.08 Å². The van der Waals surface area contributed by atoms with Crippen molar-refractivity contribution in [3.8, 4) is 0 Å². The molecule has 1 rings (SSSR count). The molecule has 3 N–H and O–H groups in total. The second-order valence-electron chi connectivity index (χ2n) is 2.09. The molecule has 1 aliphatic heterocycles. The van der Waals surface area contributed by atoms with Crippen LogP contribution in [-0.2, 0) is 9.59 Å². The van der Waals surface area contributed by atoms with Crippen LogP contribution in [0.25, 0.3) is 0 Å². The van der Waals surface area contributed by atoms with E-state index in [-0.39, 0.29) is 17.4 Å². The molecular formula is C6H7N3O2. The molecule has 5 heteroatoms. The molecule has 0 aromatic heterocycles. The fraction of sp³-hybridized carbons (Fsp3) is 0.167. The van der Waals surface area contributed by atoms with Gasteiger partial charge in [-0.15, -0.1) is 0 Å². The molecule has 0 radical (unpaired) electrons. The van der Waals surface area contributed by atoms with Gasteiger partial charge in [-0.2, -0.15) is 0 Å². The van der Waals surface area contributed by atoms with Crippen molar-refractivity contribution in [2.75, 3.05) is 0 Å². The Labute approximate surface area is 63.0 Å². The largest absolute Gasteiger partial charge is 0.369 e. The number of nitrogens with zero attached hydrogens (tertiary/aromatic N) is 1. The maximum absolute atomic E-state index is 10.8. The number of carbonyl (C=O) groups excluding carboxylic acids is 2. The summed E-state index contributed by atoms with van der Waals surface area (Å²) in [7, 11) is 0. The zero-order chi connectivity index (χ0) is 8.43. The van der Waals surface area contributed by atoms with Crippen molar-refractivity contribution in [2.45, 2.75) is 6.92 Å². The number of allylic oxidation sites excluding steroid dienone is 1. The van der Waals surface area contributed by atoms with Crippen molar-refractivity contribution >= 4 is 17.6 Å². The molecule has 0 aromatic rings. The molecule has 0 aromatic carbocycles. The third-order valence-corrected chi connectivity index (χ3v) is 1.06. The van der Waals surface area contributed by atoms with E-state index < -0.39 is 5.91 Å². The minimum Gasteiger partial charge on any atom is -0.369 e. The molecule has 0 bridgehead atoms. The number of amides is 1. The van der Waals surface area contributed by atoms with Crippen LogP contribution in [0.2, 0.25) is 0 Å². The average Bonchev–Trinajstić information content (AvgIpc) is 2.09. The lowest BCUT2D eigenvalue weighted by Crippen LogP contribution is -2.30. The van der Waals surface area contributed by atoms with E-state index in [1.165, 1.54) is 6.92 Å². The Hall–Kier alpha value is -1.65. The van der Waals surface area contributed by atoms with Gasteiger partial charge < -0.3 is 5.73 Å². The highest BCUT2D eigenvalue weighted by molar-refractivity contribution is 6.13. The SMILES string of the molecule is CC(=O)/C=C1\N=C(N)NC1=O. The fourth-order valence-corrected chi connectivity index (χ4v) is 0.679. The van der Waals surface area contributed by atoms with Crippen molar-refractivity contribution < 1.29 is 9.59 Å². The monoisotopic (exact) mass is 153 g/mol. The number of ketones is 1. The lowest BCUT2D eigenvalue weighted by molar-refractivity contribution is -0.117. The zero-order valence-electron chi connectivity index (χ0n) is 5.92. The van der Waals surface area contributed by atoms with Gasteiger partial charge in [0, 0.05) is 6.08 Å². The van der Waals surface area contributed by atoms with Crippen LogP contribution in [0.15, 0.2) is 16.8 Å². The third kappa shape index (κ3) is 1.64. The van der Waals surface area contributed by atoms with Crippen molar-refractivity contribution in [1.82, 2.24) is 5.32 Å². The van der Waals surface area contributed by atoms with Crippen molar-refractivity contribution in [3.05, 3.63) is 11.8 Å². The van der Waals surface area contributed by atoms with E-state index in [1.54, 1.807) is 0 Å². The van der Waals surface area contributed by atoms with Crippen LogP contribution in [0, 0.1) is 0 Å². The van der Waals surface area contributed by atoms with Gasteiger partial charge in [0.2, 0.25) is 5.96 Å². The quantitative estimate of drug-likeness (QED) is 0.469. The van der Waals surface area contributed by atoms with E-state index in [1.807, 2.05) is 0 Å². The van der Waals surface area contributed by atoms with Gasteiger partial charge in [0.25, 0.3) is 5.91 Å². The predicted octanol–water partition coefficient (Wildman–Crippen LogP) is -1.10. The highest BCUT2D eigenvalue weighted by Gasteiger charge is 2.17. The molecular weight excluding hydrogens is 146 g/mol. The molecule has 0 saturated carbocycles. The Balaban J connectivity index is 2.90. The topological polar surface area (TPSA) is 84.6 Å².